The summed E-state index contributed by atoms with van der Waals surface area (Å²) in [6.45, 7) is 6.40. The molecule has 36 heavy (non-hydrogen) atoms. The Hall–Kier alpha value is -2.83. The third-order valence-corrected chi connectivity index (χ3v) is 7.69. The number of nitrogens with one attached hydrogen (secondary N) is 1. The topological polar surface area (TPSA) is 123 Å². The summed E-state index contributed by atoms with van der Waals surface area (Å²) in [4.78, 5) is 1.09. The molecule has 0 spiro atoms. The average Bonchev–Trinajstić information content (AvgIpc) is 3.28. The first-order chi connectivity index (χ1) is 16.9. The van der Waals surface area contributed by atoms with Crippen molar-refractivity contribution >= 4 is 9.84 Å². The van der Waals surface area contributed by atoms with E-state index in [2.05, 4.69) is 46.9 Å². The molecule has 0 bridgehead atoms. The van der Waals surface area contributed by atoms with Crippen molar-refractivity contribution in [3.63, 3.8) is 0 Å². The second-order valence-electron chi connectivity index (χ2n) is 10.6. The molecule has 4 rings (SSSR count). The minimum atomic E-state index is -3.34. The first-order valence-electron chi connectivity index (χ1n) is 11.7. The summed E-state index contributed by atoms with van der Waals surface area (Å²) < 4.78 is 52.6. The molecule has 194 valence electrons. The van der Waals surface area contributed by atoms with Crippen molar-refractivity contribution in [2.75, 3.05) is 12.3 Å². The van der Waals surface area contributed by atoms with E-state index >= 15 is 0 Å². The van der Waals surface area contributed by atoms with Crippen molar-refractivity contribution in [1.29, 1.82) is 0 Å². The van der Waals surface area contributed by atoms with Gasteiger partial charge in [-0.15, -0.1) is 4.80 Å². The Bertz CT molecular complexity index is 1290. The summed E-state index contributed by atoms with van der Waals surface area (Å²) in [6, 6.07) is 7.60. The van der Waals surface area contributed by atoms with Gasteiger partial charge in [0.25, 0.3) is 0 Å². The van der Waals surface area contributed by atoms with Crippen LogP contribution in [0.5, 0.6) is 0 Å². The van der Waals surface area contributed by atoms with Gasteiger partial charge in [-0.1, -0.05) is 39.0 Å². The van der Waals surface area contributed by atoms with Gasteiger partial charge in [-0.25, -0.2) is 17.2 Å². The first-order valence-corrected chi connectivity index (χ1v) is 13.5. The fourth-order valence-corrected chi connectivity index (χ4v) is 6.30. The van der Waals surface area contributed by atoms with Crippen molar-refractivity contribution in [1.82, 2.24) is 31.0 Å². The lowest BCUT2D eigenvalue weighted by Crippen LogP contribution is -2.41. The number of fused-ring (bicyclic) bond motifs is 1. The van der Waals surface area contributed by atoms with Gasteiger partial charge >= 0.3 is 0 Å². The molecule has 0 radical (unpaired) electrons. The Morgan fingerprint density at radius 1 is 1.08 bits per heavy atom. The number of rotatable bonds is 8. The van der Waals surface area contributed by atoms with Crippen molar-refractivity contribution in [2.45, 2.75) is 57.6 Å². The second kappa shape index (κ2) is 10.3. The number of hydrogen-bond donors (Lipinski definition) is 2. The van der Waals surface area contributed by atoms with Crippen LogP contribution < -0.4 is 5.32 Å². The van der Waals surface area contributed by atoms with Crippen LogP contribution in [0.2, 0.25) is 0 Å². The molecule has 1 aliphatic heterocycles. The number of benzene rings is 2. The quantitative estimate of drug-likeness (QED) is 0.464. The van der Waals surface area contributed by atoms with E-state index in [1.54, 1.807) is 0 Å². The molecule has 3 unspecified atom stereocenters. The predicted octanol–water partition coefficient (Wildman–Crippen LogP) is 2.34. The number of nitrogens with zero attached hydrogens (tertiary/aromatic N) is 5. The van der Waals surface area contributed by atoms with Crippen molar-refractivity contribution in [3.8, 4) is 0 Å². The summed E-state index contributed by atoms with van der Waals surface area (Å²) in [5, 5.41) is 28.6. The molecule has 0 saturated carbocycles. The van der Waals surface area contributed by atoms with E-state index < -0.39 is 39.7 Å². The third kappa shape index (κ3) is 6.68. The molecule has 0 fully saturated rings. The molecule has 2 aromatic carbocycles. The van der Waals surface area contributed by atoms with E-state index in [1.165, 1.54) is 12.1 Å². The highest BCUT2D eigenvalue weighted by Crippen LogP contribution is 2.31. The van der Waals surface area contributed by atoms with Crippen LogP contribution in [0.1, 0.15) is 55.1 Å². The van der Waals surface area contributed by atoms with Gasteiger partial charge in [-0.2, -0.15) is 0 Å². The number of hydrogen-bond acceptors (Lipinski definition) is 8. The Morgan fingerprint density at radius 3 is 2.39 bits per heavy atom. The number of sulfone groups is 1. The van der Waals surface area contributed by atoms with Gasteiger partial charge in [0.05, 0.1) is 17.6 Å². The molecule has 1 aromatic heterocycles. The predicted molar refractivity (Wildman–Crippen MR) is 129 cm³/mol. The lowest BCUT2D eigenvalue weighted by molar-refractivity contribution is 0.0922. The van der Waals surface area contributed by atoms with Crippen LogP contribution in [0, 0.1) is 17.0 Å². The maximum absolute atomic E-state index is 13.7. The number of aromatic nitrogens is 5. The van der Waals surface area contributed by atoms with Gasteiger partial charge in [0.15, 0.2) is 9.84 Å². The minimum Gasteiger partial charge on any atom is -0.389 e. The molecule has 1 aliphatic rings. The van der Waals surface area contributed by atoms with Crippen LogP contribution in [0.4, 0.5) is 8.78 Å². The van der Waals surface area contributed by atoms with E-state index in [4.69, 9.17) is 0 Å². The highest BCUT2D eigenvalue weighted by molar-refractivity contribution is 7.90. The Morgan fingerprint density at radius 2 is 1.75 bits per heavy atom. The van der Waals surface area contributed by atoms with Crippen LogP contribution in [0.3, 0.4) is 0 Å². The normalized spacial score (nSPS) is 19.0. The first kappa shape index (κ1) is 26.2. The molecule has 3 aromatic rings. The molecule has 0 saturated heterocycles. The average molecular weight is 521 g/mol. The zero-order valence-electron chi connectivity index (χ0n) is 20.4. The van der Waals surface area contributed by atoms with E-state index in [-0.39, 0.29) is 29.9 Å². The van der Waals surface area contributed by atoms with Crippen molar-refractivity contribution in [2.24, 2.45) is 5.41 Å². The largest absolute Gasteiger partial charge is 0.389 e. The van der Waals surface area contributed by atoms with E-state index in [1.807, 2.05) is 18.2 Å². The smallest absolute Gasteiger partial charge is 0.156 e. The standard InChI is InChI=1S/C24H30F2N6O3S/c1-24(2,3)11-15-4-5-17-13-36(34,35)14-21(20(17)8-15)27-12-23(33)22(32-30-28-29-31-32)9-16-6-18(25)10-19(26)7-16/h4-8,10,21-23,27,33H,9,11-14H2,1-3H3. The van der Waals surface area contributed by atoms with Gasteiger partial charge in [-0.3, -0.25) is 0 Å². The van der Waals surface area contributed by atoms with Crippen LogP contribution in [-0.2, 0) is 28.4 Å². The molecular weight excluding hydrogens is 490 g/mol. The summed E-state index contributed by atoms with van der Waals surface area (Å²) in [6.07, 6.45) is -0.303. The summed E-state index contributed by atoms with van der Waals surface area (Å²) in [7, 11) is -3.34. The Kier molecular flexibility index (Phi) is 7.48. The van der Waals surface area contributed by atoms with Gasteiger partial charge in [-0.05, 0) is 73.5 Å². The maximum Gasteiger partial charge on any atom is 0.156 e. The van der Waals surface area contributed by atoms with Gasteiger partial charge in [0.2, 0.25) is 0 Å². The summed E-state index contributed by atoms with van der Waals surface area (Å²) in [5.41, 5.74) is 3.10. The molecular formula is C24H30F2N6O3S. The lowest BCUT2D eigenvalue weighted by atomic mass is 9.86. The number of aliphatic hydroxyl groups excluding tert-OH is 1. The SMILES string of the molecule is CC(C)(C)Cc1ccc2c(c1)C(NCC(O)C(Cc1cc(F)cc(F)c1)n1nnnn1)CS(=O)(=O)C2. The van der Waals surface area contributed by atoms with Crippen LogP contribution in [-0.4, -0.2) is 57.6 Å². The van der Waals surface area contributed by atoms with Crippen LogP contribution in [0.25, 0.3) is 0 Å². The van der Waals surface area contributed by atoms with Crippen molar-refractivity contribution < 1.29 is 22.3 Å². The Balaban J connectivity index is 1.55. The summed E-state index contributed by atoms with van der Waals surface area (Å²) >= 11 is 0. The molecule has 2 N–H and O–H groups in total. The van der Waals surface area contributed by atoms with E-state index in [9.17, 15) is 22.3 Å². The number of aliphatic hydroxyl groups is 1. The maximum atomic E-state index is 13.7. The fourth-order valence-electron chi connectivity index (χ4n) is 4.64. The van der Waals surface area contributed by atoms with Gasteiger partial charge in [0.1, 0.15) is 17.7 Å². The highest BCUT2D eigenvalue weighted by atomic mass is 32.2. The zero-order chi connectivity index (χ0) is 26.1. The lowest BCUT2D eigenvalue weighted by Gasteiger charge is -2.30. The van der Waals surface area contributed by atoms with Crippen LogP contribution >= 0.6 is 0 Å². The number of halogens is 2. The van der Waals surface area contributed by atoms with Crippen LogP contribution in [0.15, 0.2) is 36.4 Å². The van der Waals surface area contributed by atoms with E-state index in [0.29, 0.717) is 5.56 Å². The summed E-state index contributed by atoms with van der Waals surface area (Å²) in [5.74, 6) is -1.61. The molecule has 12 heteroatoms. The molecule has 0 aliphatic carbocycles. The minimum absolute atomic E-state index is 0.00481. The third-order valence-electron chi connectivity index (χ3n) is 6.10. The monoisotopic (exact) mass is 520 g/mol. The zero-order valence-corrected chi connectivity index (χ0v) is 21.2. The van der Waals surface area contributed by atoms with E-state index in [0.717, 1.165) is 34.0 Å². The molecule has 2 heterocycles. The molecule has 3 atom stereocenters. The van der Waals surface area contributed by atoms with Crippen molar-refractivity contribution in [3.05, 3.63) is 70.3 Å². The molecule has 0 amide bonds. The van der Waals surface area contributed by atoms with Gasteiger partial charge < -0.3 is 10.4 Å². The van der Waals surface area contributed by atoms with Gasteiger partial charge in [0, 0.05) is 18.7 Å². The Labute approximate surface area is 208 Å². The second-order valence-corrected chi connectivity index (χ2v) is 12.7. The molecule has 9 nitrogen and oxygen atoms in total. The highest BCUT2D eigenvalue weighted by Gasteiger charge is 2.32. The fraction of sp³-hybridized carbons (Fsp3) is 0.500.